The first-order chi connectivity index (χ1) is 12.7. The van der Waals surface area contributed by atoms with Crippen LogP contribution in [-0.4, -0.2) is 30.3 Å². The largest absolute Gasteiger partial charge is 0.493 e. The van der Waals surface area contributed by atoms with Crippen LogP contribution in [0.25, 0.3) is 11.0 Å². The van der Waals surface area contributed by atoms with Crippen LogP contribution in [0.2, 0.25) is 0 Å². The van der Waals surface area contributed by atoms with Crippen molar-refractivity contribution in [2.24, 2.45) is 5.73 Å². The van der Waals surface area contributed by atoms with E-state index in [-0.39, 0.29) is 0 Å². The van der Waals surface area contributed by atoms with Crippen molar-refractivity contribution >= 4 is 11.0 Å². The molecule has 2 aromatic rings. The maximum atomic E-state index is 5.53. The fourth-order valence-corrected chi connectivity index (χ4v) is 3.53. The molecule has 2 rings (SSSR count). The quantitative estimate of drug-likeness (QED) is 0.526. The van der Waals surface area contributed by atoms with Crippen molar-refractivity contribution in [1.29, 1.82) is 0 Å². The number of methoxy groups -OCH3 is 2. The monoisotopic (exact) mass is 361 g/mol. The highest BCUT2D eigenvalue weighted by Crippen LogP contribution is 2.32. The summed E-state index contributed by atoms with van der Waals surface area (Å²) < 4.78 is 13.1. The Balaban J connectivity index is 1.89. The molecule has 1 aromatic carbocycles. The smallest absolute Gasteiger partial charge is 0.163 e. The molecular formula is C21H35N3O2. The predicted octanol–water partition coefficient (Wildman–Crippen LogP) is 4.70. The van der Waals surface area contributed by atoms with Crippen LogP contribution < -0.4 is 15.2 Å². The zero-order valence-electron chi connectivity index (χ0n) is 16.7. The summed E-state index contributed by atoms with van der Waals surface area (Å²) in [5, 5.41) is 0. The molecular weight excluding hydrogens is 326 g/mol. The van der Waals surface area contributed by atoms with Crippen LogP contribution in [0.4, 0.5) is 0 Å². The van der Waals surface area contributed by atoms with Crippen LogP contribution in [-0.2, 0) is 13.0 Å². The third kappa shape index (κ3) is 5.37. The lowest BCUT2D eigenvalue weighted by Gasteiger charge is -2.09. The average Bonchev–Trinajstić information content (AvgIpc) is 3.01. The number of fused-ring (bicyclic) bond motifs is 1. The second-order valence-electron chi connectivity index (χ2n) is 6.84. The molecule has 1 aromatic heterocycles. The molecule has 0 bridgehead atoms. The SMILES string of the molecule is CCn1c(CCCCCCCCCCN)nc2cc(OC)c(OC)cc21. The number of rotatable bonds is 13. The summed E-state index contributed by atoms with van der Waals surface area (Å²) >= 11 is 0. The van der Waals surface area contributed by atoms with Gasteiger partial charge in [0, 0.05) is 25.1 Å². The zero-order valence-corrected chi connectivity index (χ0v) is 16.7. The van der Waals surface area contributed by atoms with Crippen molar-refractivity contribution in [3.63, 3.8) is 0 Å². The molecule has 0 saturated carbocycles. The Morgan fingerprint density at radius 1 is 0.885 bits per heavy atom. The minimum absolute atomic E-state index is 0.738. The van der Waals surface area contributed by atoms with Crippen molar-refractivity contribution in [2.75, 3.05) is 20.8 Å². The Bertz CT molecular complexity index is 667. The first kappa shape index (κ1) is 20.6. The van der Waals surface area contributed by atoms with Gasteiger partial charge in [-0.15, -0.1) is 0 Å². The summed E-state index contributed by atoms with van der Waals surface area (Å²) in [6.45, 7) is 3.92. The van der Waals surface area contributed by atoms with E-state index in [0.717, 1.165) is 42.0 Å². The summed E-state index contributed by atoms with van der Waals surface area (Å²) in [4.78, 5) is 4.85. The van der Waals surface area contributed by atoms with Crippen molar-refractivity contribution in [2.45, 2.75) is 71.3 Å². The Kier molecular flexibility index (Phi) is 8.75. The van der Waals surface area contributed by atoms with E-state index in [9.17, 15) is 0 Å². The van der Waals surface area contributed by atoms with Gasteiger partial charge in [0.25, 0.3) is 0 Å². The Hall–Kier alpha value is -1.75. The lowest BCUT2D eigenvalue weighted by Crippen LogP contribution is -2.02. The lowest BCUT2D eigenvalue weighted by atomic mass is 10.1. The van der Waals surface area contributed by atoms with E-state index >= 15 is 0 Å². The maximum absolute atomic E-state index is 5.53. The molecule has 0 aliphatic rings. The highest BCUT2D eigenvalue weighted by molar-refractivity contribution is 5.80. The fraction of sp³-hybridized carbons (Fsp3) is 0.667. The second kappa shape index (κ2) is 11.1. The van der Waals surface area contributed by atoms with E-state index in [4.69, 9.17) is 20.2 Å². The molecule has 0 amide bonds. The summed E-state index contributed by atoms with van der Waals surface area (Å²) in [5.74, 6) is 2.67. The number of unbranched alkanes of at least 4 members (excludes halogenated alkanes) is 7. The van der Waals surface area contributed by atoms with Gasteiger partial charge in [-0.1, -0.05) is 38.5 Å². The highest BCUT2D eigenvalue weighted by atomic mass is 16.5. The Morgan fingerprint density at radius 2 is 1.46 bits per heavy atom. The molecule has 0 atom stereocenters. The number of ether oxygens (including phenoxy) is 2. The molecule has 0 aliphatic heterocycles. The van der Waals surface area contributed by atoms with E-state index in [0.29, 0.717) is 0 Å². The van der Waals surface area contributed by atoms with Crippen molar-refractivity contribution < 1.29 is 9.47 Å². The molecule has 0 aliphatic carbocycles. The molecule has 0 spiro atoms. The number of benzene rings is 1. The van der Waals surface area contributed by atoms with Gasteiger partial charge >= 0.3 is 0 Å². The summed E-state index contributed by atoms with van der Waals surface area (Å²) in [5.41, 5.74) is 7.64. The first-order valence-electron chi connectivity index (χ1n) is 10.1. The first-order valence-corrected chi connectivity index (χ1v) is 10.1. The minimum Gasteiger partial charge on any atom is -0.493 e. The molecule has 5 nitrogen and oxygen atoms in total. The molecule has 0 radical (unpaired) electrons. The van der Waals surface area contributed by atoms with Crippen LogP contribution in [0.15, 0.2) is 12.1 Å². The van der Waals surface area contributed by atoms with E-state index in [1.165, 1.54) is 57.2 Å². The standard InChI is InChI=1S/C21H35N3O2/c1-4-24-18-16-20(26-3)19(25-2)15-17(18)23-21(24)13-11-9-7-5-6-8-10-12-14-22/h15-16H,4-14,22H2,1-3H3. The van der Waals surface area contributed by atoms with Gasteiger partial charge in [0.05, 0.1) is 25.3 Å². The minimum atomic E-state index is 0.738. The number of imidazole rings is 1. The third-order valence-corrected chi connectivity index (χ3v) is 5.00. The normalized spacial score (nSPS) is 11.2. The zero-order chi connectivity index (χ0) is 18.8. The molecule has 26 heavy (non-hydrogen) atoms. The fourth-order valence-electron chi connectivity index (χ4n) is 3.53. The van der Waals surface area contributed by atoms with Gasteiger partial charge in [0.15, 0.2) is 11.5 Å². The van der Waals surface area contributed by atoms with E-state index in [1.54, 1.807) is 14.2 Å². The van der Waals surface area contributed by atoms with Gasteiger partial charge < -0.3 is 19.8 Å². The summed E-state index contributed by atoms with van der Waals surface area (Å²) in [6.07, 6.45) is 11.3. The number of aryl methyl sites for hydroxylation is 2. The number of aromatic nitrogens is 2. The molecule has 2 N–H and O–H groups in total. The van der Waals surface area contributed by atoms with Crippen LogP contribution in [0.5, 0.6) is 11.5 Å². The van der Waals surface area contributed by atoms with Crippen molar-refractivity contribution in [3.05, 3.63) is 18.0 Å². The summed E-state index contributed by atoms with van der Waals surface area (Å²) in [6, 6.07) is 4.01. The number of nitrogens with two attached hydrogens (primary N) is 1. The van der Waals surface area contributed by atoms with Crippen molar-refractivity contribution in [1.82, 2.24) is 9.55 Å². The van der Waals surface area contributed by atoms with Crippen LogP contribution in [0.1, 0.15) is 64.1 Å². The number of hydrogen-bond acceptors (Lipinski definition) is 4. The Labute approximate surface area is 157 Å². The molecule has 1 heterocycles. The predicted molar refractivity (Wildman–Crippen MR) is 108 cm³/mol. The number of hydrogen-bond donors (Lipinski definition) is 1. The lowest BCUT2D eigenvalue weighted by molar-refractivity contribution is 0.355. The topological polar surface area (TPSA) is 62.3 Å². The van der Waals surface area contributed by atoms with Gasteiger partial charge in [0.1, 0.15) is 5.82 Å². The maximum Gasteiger partial charge on any atom is 0.163 e. The highest BCUT2D eigenvalue weighted by Gasteiger charge is 2.14. The molecule has 0 unspecified atom stereocenters. The van der Waals surface area contributed by atoms with Crippen LogP contribution in [0.3, 0.4) is 0 Å². The van der Waals surface area contributed by atoms with Crippen LogP contribution >= 0.6 is 0 Å². The van der Waals surface area contributed by atoms with Gasteiger partial charge in [-0.05, 0) is 26.3 Å². The molecule has 5 heteroatoms. The number of nitrogens with zero attached hydrogens (tertiary/aromatic N) is 2. The van der Waals surface area contributed by atoms with E-state index < -0.39 is 0 Å². The molecule has 0 saturated heterocycles. The van der Waals surface area contributed by atoms with E-state index in [2.05, 4.69) is 11.5 Å². The van der Waals surface area contributed by atoms with E-state index in [1.807, 2.05) is 12.1 Å². The molecule has 146 valence electrons. The van der Waals surface area contributed by atoms with Gasteiger partial charge in [-0.2, -0.15) is 0 Å². The Morgan fingerprint density at radius 3 is 2.04 bits per heavy atom. The average molecular weight is 362 g/mol. The third-order valence-electron chi connectivity index (χ3n) is 5.00. The van der Waals surface area contributed by atoms with Gasteiger partial charge in [0.2, 0.25) is 0 Å². The second-order valence-corrected chi connectivity index (χ2v) is 6.84. The van der Waals surface area contributed by atoms with Gasteiger partial charge in [-0.25, -0.2) is 4.98 Å². The van der Waals surface area contributed by atoms with Crippen LogP contribution in [0, 0.1) is 0 Å². The molecule has 0 fully saturated rings. The van der Waals surface area contributed by atoms with Crippen molar-refractivity contribution in [3.8, 4) is 11.5 Å². The van der Waals surface area contributed by atoms with Gasteiger partial charge in [-0.3, -0.25) is 0 Å². The summed E-state index contributed by atoms with van der Waals surface area (Å²) in [7, 11) is 3.34.